The Kier molecular flexibility index (Phi) is 7.02. The molecule has 9 rings (SSSR count). The number of aromatic nitrogens is 3. The van der Waals surface area contributed by atoms with Crippen LogP contribution in [0.3, 0.4) is 0 Å². The van der Waals surface area contributed by atoms with Crippen LogP contribution in [0.15, 0.2) is 24.3 Å². The third-order valence-electron chi connectivity index (χ3n) is 10.7. The van der Waals surface area contributed by atoms with Crippen LogP contribution in [0.1, 0.15) is 45.4 Å². The molecule has 2 aromatic carbocycles. The van der Waals surface area contributed by atoms with Crippen LogP contribution < -0.4 is 24.4 Å². The summed E-state index contributed by atoms with van der Waals surface area (Å²) in [5, 5.41) is 15.4. The van der Waals surface area contributed by atoms with Crippen LogP contribution in [0, 0.1) is 11.6 Å². The molecule has 252 valence electrons. The molecule has 1 aliphatic carbocycles. The van der Waals surface area contributed by atoms with Crippen molar-refractivity contribution >= 4 is 27.5 Å². The van der Waals surface area contributed by atoms with E-state index >= 15 is 8.78 Å². The zero-order valence-electron chi connectivity index (χ0n) is 26.6. The van der Waals surface area contributed by atoms with Crippen molar-refractivity contribution in [2.45, 2.75) is 75.3 Å². The molecule has 0 radical (unpaired) electrons. The summed E-state index contributed by atoms with van der Waals surface area (Å²) >= 11 is 0. The van der Waals surface area contributed by atoms with E-state index < -0.39 is 23.3 Å². The van der Waals surface area contributed by atoms with Gasteiger partial charge >= 0.3 is 6.01 Å². The lowest BCUT2D eigenvalue weighted by Crippen LogP contribution is -2.58. The molecule has 0 unspecified atom stereocenters. The number of pyridine rings is 1. The molecular formula is C35H37F3N6O4. The number of anilines is 1. The predicted octanol–water partition coefficient (Wildman–Crippen LogP) is 5.27. The largest absolute Gasteiger partial charge is 0.508 e. The molecule has 13 heteroatoms. The van der Waals surface area contributed by atoms with Gasteiger partial charge in [0.05, 0.1) is 17.7 Å². The molecule has 0 bridgehead atoms. The average molecular weight is 663 g/mol. The third kappa shape index (κ3) is 4.88. The lowest BCUT2D eigenvalue weighted by molar-refractivity contribution is 0.107. The van der Waals surface area contributed by atoms with E-state index in [1.807, 2.05) is 0 Å². The number of hydrogen-bond acceptors (Lipinski definition) is 10. The Bertz CT molecular complexity index is 1940. The summed E-state index contributed by atoms with van der Waals surface area (Å²) in [5.41, 5.74) is -0.524. The SMILES string of the molecule is CC[C@@H]1CN2c3nc(OC[C@@]45CCCN4C[C@H](F)C5)nc4c(F)c(-c5cc(O)cc6ccc(F)c(OC7CC7)c56)nc(c34)OC[C@@H]2CN1. The first-order valence-corrected chi connectivity index (χ1v) is 17.0. The molecule has 0 amide bonds. The number of benzene rings is 2. The van der Waals surface area contributed by atoms with Gasteiger partial charge in [0.2, 0.25) is 5.88 Å². The van der Waals surface area contributed by atoms with E-state index in [0.29, 0.717) is 48.0 Å². The van der Waals surface area contributed by atoms with Crippen LogP contribution in [-0.4, -0.2) is 94.2 Å². The van der Waals surface area contributed by atoms with E-state index in [1.165, 1.54) is 24.3 Å². The van der Waals surface area contributed by atoms with Gasteiger partial charge in [-0.05, 0) is 62.2 Å². The van der Waals surface area contributed by atoms with Crippen LogP contribution >= 0.6 is 0 Å². The minimum Gasteiger partial charge on any atom is -0.508 e. The first-order valence-electron chi connectivity index (χ1n) is 17.0. The highest BCUT2D eigenvalue weighted by atomic mass is 19.1. The highest BCUT2D eigenvalue weighted by Gasteiger charge is 2.49. The second-order valence-corrected chi connectivity index (χ2v) is 13.9. The first-order chi connectivity index (χ1) is 23.3. The summed E-state index contributed by atoms with van der Waals surface area (Å²) in [6, 6.07) is 5.69. The second kappa shape index (κ2) is 11.2. The van der Waals surface area contributed by atoms with Gasteiger partial charge in [0, 0.05) is 43.0 Å². The molecule has 5 aliphatic rings. The Labute approximate surface area is 275 Å². The van der Waals surface area contributed by atoms with E-state index in [-0.39, 0.29) is 71.6 Å². The molecule has 0 spiro atoms. The first kappa shape index (κ1) is 30.0. The van der Waals surface area contributed by atoms with Crippen LogP contribution in [0.4, 0.5) is 19.0 Å². The third-order valence-corrected chi connectivity index (χ3v) is 10.7. The molecule has 1 saturated carbocycles. The summed E-state index contributed by atoms with van der Waals surface area (Å²) in [7, 11) is 0. The van der Waals surface area contributed by atoms with Crippen molar-refractivity contribution in [2.24, 2.45) is 0 Å². The highest BCUT2D eigenvalue weighted by molar-refractivity contribution is 6.04. The summed E-state index contributed by atoms with van der Waals surface area (Å²) < 4.78 is 65.6. The molecule has 2 N–H and O–H groups in total. The number of alkyl halides is 1. The fourth-order valence-corrected chi connectivity index (χ4v) is 8.07. The molecule has 6 heterocycles. The van der Waals surface area contributed by atoms with Gasteiger partial charge in [-0.1, -0.05) is 13.0 Å². The zero-order valence-corrected chi connectivity index (χ0v) is 26.6. The van der Waals surface area contributed by atoms with Gasteiger partial charge in [0.15, 0.2) is 17.4 Å². The Balaban J connectivity index is 1.23. The lowest BCUT2D eigenvalue weighted by atomic mass is 9.95. The van der Waals surface area contributed by atoms with Crippen LogP contribution in [0.5, 0.6) is 23.4 Å². The van der Waals surface area contributed by atoms with Crippen molar-refractivity contribution in [1.29, 1.82) is 0 Å². The van der Waals surface area contributed by atoms with Gasteiger partial charge in [-0.15, -0.1) is 0 Å². The molecular weight excluding hydrogens is 625 g/mol. The molecule has 4 fully saturated rings. The summed E-state index contributed by atoms with van der Waals surface area (Å²) in [6.45, 7) is 4.96. The standard InChI is InChI=1S/C35H37F3N6O4/c1-2-20-15-44-21(13-39-20)16-46-33-27-30(41-34(42-32(27)44)47-17-35-8-3-9-43(35)14-19(36)12-35)28(38)29(40-33)24-11-22(45)10-18-4-7-25(37)31(26(18)24)48-23-5-6-23/h4,7,10-11,19-21,23,39,45H,2-3,5-6,8-9,12-17H2,1H3/t19-,20-,21+,35+/m1/s1. The number of rotatable bonds is 7. The fraction of sp³-hybridized carbons (Fsp3) is 0.514. The molecule has 4 atom stereocenters. The van der Waals surface area contributed by atoms with Crippen molar-refractivity contribution in [3.05, 3.63) is 35.9 Å². The number of nitrogens with zero attached hydrogens (tertiary/aromatic N) is 5. The maximum absolute atomic E-state index is 17.2. The smallest absolute Gasteiger partial charge is 0.319 e. The number of halogens is 3. The number of hydrogen-bond donors (Lipinski definition) is 2. The normalized spacial score (nSPS) is 26.8. The summed E-state index contributed by atoms with van der Waals surface area (Å²) in [5.74, 6) is -0.924. The lowest BCUT2D eigenvalue weighted by Gasteiger charge is -2.39. The molecule has 4 aliphatic heterocycles. The summed E-state index contributed by atoms with van der Waals surface area (Å²) in [4.78, 5) is 18.5. The van der Waals surface area contributed by atoms with Gasteiger partial charge in [0.1, 0.15) is 47.5 Å². The van der Waals surface area contributed by atoms with Crippen molar-refractivity contribution in [1.82, 2.24) is 25.2 Å². The van der Waals surface area contributed by atoms with Crippen molar-refractivity contribution in [3.8, 4) is 34.6 Å². The minimum atomic E-state index is -0.926. The minimum absolute atomic E-state index is 0.0117. The number of aromatic hydroxyl groups is 1. The number of ether oxygens (including phenoxy) is 3. The quantitative estimate of drug-likeness (QED) is 0.272. The topological polar surface area (TPSA) is 105 Å². The van der Waals surface area contributed by atoms with Crippen molar-refractivity contribution in [2.75, 3.05) is 44.3 Å². The molecule has 4 aromatic rings. The molecule has 2 aromatic heterocycles. The van der Waals surface area contributed by atoms with Gasteiger partial charge in [-0.25, -0.2) is 18.2 Å². The zero-order chi connectivity index (χ0) is 32.7. The fourth-order valence-electron chi connectivity index (χ4n) is 8.07. The van der Waals surface area contributed by atoms with Gasteiger partial charge in [-0.2, -0.15) is 9.97 Å². The maximum Gasteiger partial charge on any atom is 0.319 e. The number of nitrogens with one attached hydrogen (secondary N) is 1. The number of piperazine rings is 1. The monoisotopic (exact) mass is 662 g/mol. The predicted molar refractivity (Wildman–Crippen MR) is 173 cm³/mol. The molecule has 3 saturated heterocycles. The van der Waals surface area contributed by atoms with Crippen molar-refractivity contribution < 1.29 is 32.5 Å². The van der Waals surface area contributed by atoms with Crippen molar-refractivity contribution in [3.63, 3.8) is 0 Å². The number of phenols is 1. The highest BCUT2D eigenvalue weighted by Crippen LogP contribution is 2.46. The van der Waals surface area contributed by atoms with E-state index in [4.69, 9.17) is 24.2 Å². The van der Waals surface area contributed by atoms with Gasteiger partial charge < -0.3 is 29.5 Å². The van der Waals surface area contributed by atoms with Crippen LogP contribution in [-0.2, 0) is 0 Å². The van der Waals surface area contributed by atoms with Gasteiger partial charge in [-0.3, -0.25) is 4.90 Å². The van der Waals surface area contributed by atoms with E-state index in [0.717, 1.165) is 38.6 Å². The molecule has 48 heavy (non-hydrogen) atoms. The summed E-state index contributed by atoms with van der Waals surface area (Å²) in [6.07, 6.45) is 3.54. The average Bonchev–Trinajstić information content (AvgIpc) is 3.77. The van der Waals surface area contributed by atoms with E-state index in [2.05, 4.69) is 27.0 Å². The van der Waals surface area contributed by atoms with Crippen LogP contribution in [0.25, 0.3) is 32.9 Å². The Morgan fingerprint density at radius 2 is 2.00 bits per heavy atom. The molecule has 10 nitrogen and oxygen atoms in total. The second-order valence-electron chi connectivity index (χ2n) is 13.9. The Morgan fingerprint density at radius 1 is 1.12 bits per heavy atom. The Morgan fingerprint density at radius 3 is 2.83 bits per heavy atom. The number of fused-ring (bicyclic) bond motifs is 4. The van der Waals surface area contributed by atoms with E-state index in [9.17, 15) is 9.50 Å². The van der Waals surface area contributed by atoms with E-state index in [1.54, 1.807) is 0 Å². The van der Waals surface area contributed by atoms with Gasteiger partial charge in [0.25, 0.3) is 0 Å². The maximum atomic E-state index is 17.2. The Hall–Kier alpha value is -4.10. The number of phenolic OH excluding ortho intramolecular Hbond substituents is 1. The van der Waals surface area contributed by atoms with Crippen LogP contribution in [0.2, 0.25) is 0 Å².